The third-order valence-electron chi connectivity index (χ3n) is 4.57. The molecule has 1 atom stereocenters. The lowest BCUT2D eigenvalue weighted by Gasteiger charge is -2.43. The van der Waals surface area contributed by atoms with Gasteiger partial charge in [-0.3, -0.25) is 9.69 Å². The van der Waals surface area contributed by atoms with Crippen LogP contribution in [0.4, 0.5) is 5.69 Å². The highest BCUT2D eigenvalue weighted by molar-refractivity contribution is 5.95. The summed E-state index contributed by atoms with van der Waals surface area (Å²) in [5.41, 5.74) is 7.21. The number of amides is 1. The second-order valence-corrected chi connectivity index (χ2v) is 7.29. The molecule has 1 aromatic rings. The van der Waals surface area contributed by atoms with Crippen molar-refractivity contribution in [2.75, 3.05) is 24.5 Å². The first kappa shape index (κ1) is 19.9. The Morgan fingerprint density at radius 2 is 1.96 bits per heavy atom. The van der Waals surface area contributed by atoms with E-state index in [0.29, 0.717) is 6.54 Å². The smallest absolute Gasteiger partial charge is 0.241 e. The molecule has 1 fully saturated rings. The fourth-order valence-electron chi connectivity index (χ4n) is 3.21. The number of hydrogen-bond donors (Lipinski definition) is 1. The van der Waals surface area contributed by atoms with Crippen LogP contribution in [0.15, 0.2) is 30.3 Å². The lowest BCUT2D eigenvalue weighted by molar-refractivity contribution is -0.120. The van der Waals surface area contributed by atoms with Crippen LogP contribution in [-0.2, 0) is 4.79 Å². The van der Waals surface area contributed by atoms with Crippen molar-refractivity contribution >= 4 is 24.0 Å². The lowest BCUT2D eigenvalue weighted by atomic mass is 9.80. The van der Waals surface area contributed by atoms with E-state index in [0.717, 1.165) is 25.2 Å². The normalized spacial score (nSPS) is 20.9. The number of hydrogen-bond acceptors (Lipinski definition) is 3. The summed E-state index contributed by atoms with van der Waals surface area (Å²) in [5.74, 6) is 0.160. The molecule has 0 spiro atoms. The summed E-state index contributed by atoms with van der Waals surface area (Å²) in [5, 5.41) is 0. The van der Waals surface area contributed by atoms with Gasteiger partial charge in [-0.2, -0.15) is 0 Å². The Morgan fingerprint density at radius 3 is 2.48 bits per heavy atom. The summed E-state index contributed by atoms with van der Waals surface area (Å²) in [6.07, 6.45) is 0.952. The Labute approximate surface area is 146 Å². The van der Waals surface area contributed by atoms with Crippen molar-refractivity contribution in [2.45, 2.75) is 46.2 Å². The average molecular weight is 340 g/mol. The number of benzene rings is 1. The van der Waals surface area contributed by atoms with Gasteiger partial charge < -0.3 is 10.6 Å². The van der Waals surface area contributed by atoms with Gasteiger partial charge in [-0.25, -0.2) is 0 Å². The second-order valence-electron chi connectivity index (χ2n) is 7.29. The zero-order valence-electron chi connectivity index (χ0n) is 14.7. The molecule has 1 aromatic carbocycles. The third-order valence-corrected chi connectivity index (χ3v) is 4.57. The van der Waals surface area contributed by atoms with Crippen molar-refractivity contribution in [1.82, 2.24) is 4.90 Å². The van der Waals surface area contributed by atoms with Crippen molar-refractivity contribution in [1.29, 1.82) is 0 Å². The van der Waals surface area contributed by atoms with Crippen LogP contribution in [0.3, 0.4) is 0 Å². The first-order valence-electron chi connectivity index (χ1n) is 8.16. The van der Waals surface area contributed by atoms with Crippen LogP contribution in [0.5, 0.6) is 0 Å². The maximum Gasteiger partial charge on any atom is 0.241 e. The van der Waals surface area contributed by atoms with E-state index in [1.165, 1.54) is 0 Å². The third kappa shape index (κ3) is 4.93. The Hall–Kier alpha value is -1.10. The molecule has 0 radical (unpaired) electrons. The zero-order valence-corrected chi connectivity index (χ0v) is 15.5. The molecule has 1 saturated heterocycles. The van der Waals surface area contributed by atoms with Gasteiger partial charge in [-0.1, -0.05) is 32.0 Å². The van der Waals surface area contributed by atoms with Gasteiger partial charge in [0.15, 0.2) is 0 Å². The molecule has 1 amide bonds. The molecule has 2 rings (SSSR count). The summed E-state index contributed by atoms with van der Waals surface area (Å²) in [6.45, 7) is 10.7. The number of nitrogens with zero attached hydrogens (tertiary/aromatic N) is 2. The minimum atomic E-state index is 0. The molecule has 23 heavy (non-hydrogen) atoms. The van der Waals surface area contributed by atoms with Gasteiger partial charge in [0.05, 0.1) is 6.54 Å². The van der Waals surface area contributed by atoms with E-state index in [9.17, 15) is 4.79 Å². The molecule has 4 nitrogen and oxygen atoms in total. The van der Waals surface area contributed by atoms with E-state index in [2.05, 4.69) is 32.6 Å². The highest BCUT2D eigenvalue weighted by atomic mass is 35.5. The number of carbonyl (C=O) groups excluding carboxylic acids is 1. The first-order valence-corrected chi connectivity index (χ1v) is 8.16. The summed E-state index contributed by atoms with van der Waals surface area (Å²) < 4.78 is 0. The highest BCUT2D eigenvalue weighted by Crippen LogP contribution is 2.28. The van der Waals surface area contributed by atoms with Gasteiger partial charge in [0.1, 0.15) is 0 Å². The maximum absolute atomic E-state index is 12.8. The molecule has 2 N–H and O–H groups in total. The predicted octanol–water partition coefficient (Wildman–Crippen LogP) is 2.91. The van der Waals surface area contributed by atoms with E-state index in [1.54, 1.807) is 0 Å². The molecular formula is C18H30ClN3O. The van der Waals surface area contributed by atoms with Crippen molar-refractivity contribution in [3.63, 3.8) is 0 Å². The van der Waals surface area contributed by atoms with Gasteiger partial charge in [-0.15, -0.1) is 12.4 Å². The van der Waals surface area contributed by atoms with E-state index >= 15 is 0 Å². The van der Waals surface area contributed by atoms with Crippen molar-refractivity contribution in [3.05, 3.63) is 30.3 Å². The molecule has 0 saturated carbocycles. The molecule has 0 bridgehead atoms. The van der Waals surface area contributed by atoms with Crippen LogP contribution in [0, 0.1) is 5.41 Å². The number of piperidine rings is 1. The minimum Gasteiger partial charge on any atom is -0.327 e. The topological polar surface area (TPSA) is 49.6 Å². The summed E-state index contributed by atoms with van der Waals surface area (Å²) in [6, 6.07) is 10.3. The molecule has 1 aliphatic rings. The van der Waals surface area contributed by atoms with Gasteiger partial charge in [0, 0.05) is 30.9 Å². The zero-order chi connectivity index (χ0) is 16.3. The van der Waals surface area contributed by atoms with E-state index < -0.39 is 0 Å². The molecule has 1 heterocycles. The van der Waals surface area contributed by atoms with Crippen LogP contribution < -0.4 is 10.6 Å². The average Bonchev–Trinajstić information content (AvgIpc) is 2.43. The number of halogens is 1. The quantitative estimate of drug-likeness (QED) is 0.917. The Morgan fingerprint density at radius 1 is 1.35 bits per heavy atom. The number of anilines is 1. The number of para-hydroxylation sites is 1. The van der Waals surface area contributed by atoms with Crippen molar-refractivity contribution in [2.24, 2.45) is 11.1 Å². The van der Waals surface area contributed by atoms with Crippen molar-refractivity contribution < 1.29 is 4.79 Å². The van der Waals surface area contributed by atoms with Crippen LogP contribution in [0.1, 0.15) is 34.1 Å². The van der Waals surface area contributed by atoms with Crippen LogP contribution in [0.25, 0.3) is 0 Å². The van der Waals surface area contributed by atoms with Crippen molar-refractivity contribution in [3.8, 4) is 0 Å². The first-order chi connectivity index (χ1) is 10.3. The monoisotopic (exact) mass is 339 g/mol. The molecule has 0 aliphatic carbocycles. The molecule has 5 heteroatoms. The predicted molar refractivity (Wildman–Crippen MR) is 99.1 cm³/mol. The molecule has 1 aliphatic heterocycles. The largest absolute Gasteiger partial charge is 0.327 e. The molecular weight excluding hydrogens is 310 g/mol. The van der Waals surface area contributed by atoms with Crippen LogP contribution >= 0.6 is 12.4 Å². The van der Waals surface area contributed by atoms with Gasteiger partial charge in [-0.05, 0) is 37.8 Å². The van der Waals surface area contributed by atoms with Gasteiger partial charge in [0.2, 0.25) is 5.91 Å². The highest BCUT2D eigenvalue weighted by Gasteiger charge is 2.34. The minimum absolute atomic E-state index is 0. The molecule has 0 aromatic heterocycles. The lowest BCUT2D eigenvalue weighted by Crippen LogP contribution is -2.55. The number of rotatable bonds is 4. The second kappa shape index (κ2) is 8.13. The fourth-order valence-corrected chi connectivity index (χ4v) is 3.21. The maximum atomic E-state index is 12.8. The molecule has 130 valence electrons. The summed E-state index contributed by atoms with van der Waals surface area (Å²) in [4.78, 5) is 16.9. The van der Waals surface area contributed by atoms with E-state index in [-0.39, 0.29) is 35.8 Å². The Balaban J connectivity index is 0.00000264. The summed E-state index contributed by atoms with van der Waals surface area (Å²) in [7, 11) is 0. The van der Waals surface area contributed by atoms with E-state index in [1.807, 2.05) is 35.2 Å². The number of nitrogens with two attached hydrogens (primary N) is 1. The Kier molecular flexibility index (Phi) is 7.05. The van der Waals surface area contributed by atoms with Crippen LogP contribution in [-0.4, -0.2) is 42.5 Å². The Bertz CT molecular complexity index is 504. The SMILES string of the molecule is CC(C)N(C(=O)CN1CCC(N)C(C)(C)C1)c1ccccc1.Cl. The van der Waals surface area contributed by atoms with E-state index in [4.69, 9.17) is 5.73 Å². The van der Waals surface area contributed by atoms with Crippen LogP contribution in [0.2, 0.25) is 0 Å². The van der Waals surface area contributed by atoms with Gasteiger partial charge in [0.25, 0.3) is 0 Å². The standard InChI is InChI=1S/C18H29N3O.ClH/c1-14(2)21(15-8-6-5-7-9-15)17(22)12-20-11-10-16(19)18(3,4)13-20;/h5-9,14,16H,10-13,19H2,1-4H3;1H. The number of carbonyl (C=O) groups is 1. The summed E-state index contributed by atoms with van der Waals surface area (Å²) >= 11 is 0. The molecule has 1 unspecified atom stereocenters. The van der Waals surface area contributed by atoms with Gasteiger partial charge >= 0.3 is 0 Å². The number of likely N-dealkylation sites (tertiary alicyclic amines) is 1. The fraction of sp³-hybridized carbons (Fsp3) is 0.611.